The van der Waals surface area contributed by atoms with Crippen LogP contribution in [0, 0.1) is 11.7 Å². The number of rotatable bonds is 8. The Kier molecular flexibility index (Phi) is 6.65. The standard InChI is InChI=1S/C15H21FN2O3/c1-2-10(3-6-14(19)20)7-8-18-15(21)12-9-11(16)4-5-13(12)17/h4-5,9-10H,2-3,6-8,17H2,1H3,(H,18,21)(H,19,20). The van der Waals surface area contributed by atoms with Crippen LogP contribution >= 0.6 is 0 Å². The minimum atomic E-state index is -0.815. The number of halogens is 1. The first-order chi connectivity index (χ1) is 9.93. The summed E-state index contributed by atoms with van der Waals surface area (Å²) in [5.41, 5.74) is 5.98. The minimum Gasteiger partial charge on any atom is -0.481 e. The molecule has 1 rings (SSSR count). The molecule has 0 saturated heterocycles. The average Bonchev–Trinajstić information content (AvgIpc) is 2.44. The molecule has 0 heterocycles. The zero-order chi connectivity index (χ0) is 15.8. The van der Waals surface area contributed by atoms with Crippen molar-refractivity contribution in [2.75, 3.05) is 12.3 Å². The number of benzene rings is 1. The lowest BCUT2D eigenvalue weighted by Gasteiger charge is -2.14. The normalized spacial score (nSPS) is 11.9. The molecule has 0 saturated carbocycles. The van der Waals surface area contributed by atoms with E-state index < -0.39 is 17.7 Å². The number of nitrogens with one attached hydrogen (secondary N) is 1. The molecule has 0 aliphatic rings. The molecule has 0 aliphatic carbocycles. The van der Waals surface area contributed by atoms with Crippen molar-refractivity contribution in [1.29, 1.82) is 0 Å². The van der Waals surface area contributed by atoms with Gasteiger partial charge in [0.05, 0.1) is 5.56 Å². The summed E-state index contributed by atoms with van der Waals surface area (Å²) in [7, 11) is 0. The molecule has 4 N–H and O–H groups in total. The van der Waals surface area contributed by atoms with Crippen LogP contribution in [0.15, 0.2) is 18.2 Å². The topological polar surface area (TPSA) is 92.4 Å². The van der Waals surface area contributed by atoms with Gasteiger partial charge in [-0.15, -0.1) is 0 Å². The highest BCUT2D eigenvalue weighted by atomic mass is 19.1. The molecule has 0 spiro atoms. The number of nitrogen functional groups attached to an aromatic ring is 1. The molecule has 5 nitrogen and oxygen atoms in total. The van der Waals surface area contributed by atoms with Crippen molar-refractivity contribution >= 4 is 17.6 Å². The van der Waals surface area contributed by atoms with Gasteiger partial charge < -0.3 is 16.2 Å². The van der Waals surface area contributed by atoms with Crippen molar-refractivity contribution in [2.45, 2.75) is 32.6 Å². The van der Waals surface area contributed by atoms with E-state index >= 15 is 0 Å². The Balaban J connectivity index is 2.45. The highest BCUT2D eigenvalue weighted by Crippen LogP contribution is 2.16. The van der Waals surface area contributed by atoms with Crippen molar-refractivity contribution in [3.05, 3.63) is 29.6 Å². The number of carbonyl (C=O) groups excluding carboxylic acids is 1. The molecule has 1 atom stereocenters. The Labute approximate surface area is 123 Å². The quantitative estimate of drug-likeness (QED) is 0.642. The van der Waals surface area contributed by atoms with E-state index in [2.05, 4.69) is 5.32 Å². The van der Waals surface area contributed by atoms with E-state index in [4.69, 9.17) is 10.8 Å². The third-order valence-corrected chi connectivity index (χ3v) is 3.44. The van der Waals surface area contributed by atoms with Crippen molar-refractivity contribution < 1.29 is 19.1 Å². The first-order valence-electron chi connectivity index (χ1n) is 6.99. The molecular weight excluding hydrogens is 275 g/mol. The van der Waals surface area contributed by atoms with Gasteiger partial charge in [0, 0.05) is 18.7 Å². The predicted octanol–water partition coefficient (Wildman–Crippen LogP) is 2.42. The average molecular weight is 296 g/mol. The summed E-state index contributed by atoms with van der Waals surface area (Å²) in [5.74, 6) is -1.50. The van der Waals surface area contributed by atoms with Gasteiger partial charge in [0.1, 0.15) is 5.82 Å². The van der Waals surface area contributed by atoms with Crippen LogP contribution in [0.2, 0.25) is 0 Å². The number of amides is 1. The van der Waals surface area contributed by atoms with Crippen LogP contribution in [0.5, 0.6) is 0 Å². The molecule has 21 heavy (non-hydrogen) atoms. The maximum atomic E-state index is 13.1. The lowest BCUT2D eigenvalue weighted by Crippen LogP contribution is -2.27. The van der Waals surface area contributed by atoms with Crippen molar-refractivity contribution in [2.24, 2.45) is 5.92 Å². The SMILES string of the molecule is CCC(CCNC(=O)c1cc(F)ccc1N)CCC(=O)O. The first kappa shape index (κ1) is 16.9. The number of carboxylic acids is 1. The first-order valence-corrected chi connectivity index (χ1v) is 6.99. The van der Waals surface area contributed by atoms with Crippen LogP contribution in [0.3, 0.4) is 0 Å². The van der Waals surface area contributed by atoms with E-state index in [1.165, 1.54) is 12.1 Å². The summed E-state index contributed by atoms with van der Waals surface area (Å²) in [6.45, 7) is 2.39. The van der Waals surface area contributed by atoms with Crippen molar-refractivity contribution in [1.82, 2.24) is 5.32 Å². The Morgan fingerprint density at radius 1 is 1.38 bits per heavy atom. The van der Waals surface area contributed by atoms with Gasteiger partial charge in [0.2, 0.25) is 0 Å². The fraction of sp³-hybridized carbons (Fsp3) is 0.467. The van der Waals surface area contributed by atoms with Crippen LogP contribution in [-0.4, -0.2) is 23.5 Å². The zero-order valence-electron chi connectivity index (χ0n) is 12.1. The molecule has 0 bridgehead atoms. The largest absolute Gasteiger partial charge is 0.481 e. The monoisotopic (exact) mass is 296 g/mol. The lowest BCUT2D eigenvalue weighted by atomic mass is 9.96. The van der Waals surface area contributed by atoms with E-state index in [0.717, 1.165) is 12.5 Å². The molecule has 1 aromatic carbocycles. The predicted molar refractivity (Wildman–Crippen MR) is 78.4 cm³/mol. The summed E-state index contributed by atoms with van der Waals surface area (Å²) in [4.78, 5) is 22.4. The van der Waals surface area contributed by atoms with Crippen LogP contribution in [-0.2, 0) is 4.79 Å². The smallest absolute Gasteiger partial charge is 0.303 e. The van der Waals surface area contributed by atoms with Gasteiger partial charge in [-0.2, -0.15) is 0 Å². The molecule has 0 aliphatic heterocycles. The van der Waals surface area contributed by atoms with Crippen LogP contribution < -0.4 is 11.1 Å². The maximum Gasteiger partial charge on any atom is 0.303 e. The Hall–Kier alpha value is -2.11. The Morgan fingerprint density at radius 2 is 2.10 bits per heavy atom. The summed E-state index contributed by atoms with van der Waals surface area (Å²) in [6.07, 6.45) is 2.25. The number of hydrogen-bond acceptors (Lipinski definition) is 3. The molecule has 0 fully saturated rings. The third kappa shape index (κ3) is 5.81. The van der Waals surface area contributed by atoms with E-state index in [1.807, 2.05) is 6.92 Å². The van der Waals surface area contributed by atoms with Crippen LogP contribution in [0.1, 0.15) is 43.0 Å². The number of carbonyl (C=O) groups is 2. The summed E-state index contributed by atoms with van der Waals surface area (Å²) in [6, 6.07) is 3.66. The molecule has 0 aromatic heterocycles. The fourth-order valence-corrected chi connectivity index (χ4v) is 2.09. The second-order valence-electron chi connectivity index (χ2n) is 4.98. The number of carboxylic acid groups (broad SMARTS) is 1. The molecule has 1 amide bonds. The third-order valence-electron chi connectivity index (χ3n) is 3.44. The molecule has 0 radical (unpaired) electrons. The van der Waals surface area contributed by atoms with Gasteiger partial charge in [-0.1, -0.05) is 13.3 Å². The molecule has 116 valence electrons. The molecule has 6 heteroatoms. The maximum absolute atomic E-state index is 13.1. The Morgan fingerprint density at radius 3 is 2.71 bits per heavy atom. The van der Waals surface area contributed by atoms with E-state index in [0.29, 0.717) is 19.4 Å². The highest BCUT2D eigenvalue weighted by molar-refractivity contribution is 5.99. The van der Waals surface area contributed by atoms with Gasteiger partial charge in [-0.05, 0) is 37.0 Å². The van der Waals surface area contributed by atoms with Gasteiger partial charge in [-0.25, -0.2) is 4.39 Å². The minimum absolute atomic E-state index is 0.119. The van der Waals surface area contributed by atoms with Gasteiger partial charge in [0.15, 0.2) is 0 Å². The zero-order valence-corrected chi connectivity index (χ0v) is 12.1. The summed E-state index contributed by atoms with van der Waals surface area (Å²) in [5, 5.41) is 11.3. The lowest BCUT2D eigenvalue weighted by molar-refractivity contribution is -0.137. The van der Waals surface area contributed by atoms with Crippen molar-refractivity contribution in [3.63, 3.8) is 0 Å². The van der Waals surface area contributed by atoms with E-state index in [-0.39, 0.29) is 23.6 Å². The van der Waals surface area contributed by atoms with Crippen molar-refractivity contribution in [3.8, 4) is 0 Å². The number of aliphatic carboxylic acids is 1. The van der Waals surface area contributed by atoms with E-state index in [1.54, 1.807) is 0 Å². The number of nitrogens with two attached hydrogens (primary N) is 1. The second kappa shape index (κ2) is 8.24. The molecular formula is C15H21FN2O3. The van der Waals surface area contributed by atoms with Gasteiger partial charge in [-0.3, -0.25) is 9.59 Å². The number of hydrogen-bond donors (Lipinski definition) is 3. The fourth-order valence-electron chi connectivity index (χ4n) is 2.09. The Bertz CT molecular complexity index is 506. The summed E-state index contributed by atoms with van der Waals surface area (Å²) >= 11 is 0. The van der Waals surface area contributed by atoms with Gasteiger partial charge in [0.25, 0.3) is 5.91 Å². The van der Waals surface area contributed by atoms with Gasteiger partial charge >= 0.3 is 5.97 Å². The van der Waals surface area contributed by atoms with Crippen LogP contribution in [0.4, 0.5) is 10.1 Å². The van der Waals surface area contributed by atoms with Crippen LogP contribution in [0.25, 0.3) is 0 Å². The number of anilines is 1. The molecule has 1 unspecified atom stereocenters. The highest BCUT2D eigenvalue weighted by Gasteiger charge is 2.12. The summed E-state index contributed by atoms with van der Waals surface area (Å²) < 4.78 is 13.1. The molecule has 1 aromatic rings. The second-order valence-corrected chi connectivity index (χ2v) is 4.98. The van der Waals surface area contributed by atoms with E-state index in [9.17, 15) is 14.0 Å².